The van der Waals surface area contributed by atoms with Crippen LogP contribution in [0.3, 0.4) is 0 Å². The van der Waals surface area contributed by atoms with Gasteiger partial charge in [-0.2, -0.15) is 26.3 Å². The maximum atomic E-state index is 11.7. The Kier molecular flexibility index (Phi) is 4.58. The highest BCUT2D eigenvalue weighted by atomic mass is 35.5. The van der Waals surface area contributed by atoms with Gasteiger partial charge in [0.15, 0.2) is 0 Å². The molecule has 14 heavy (non-hydrogen) atoms. The number of allylic oxidation sites excluding steroid dienone is 2. The molecule has 84 valence electrons. The van der Waals surface area contributed by atoms with Crippen LogP contribution in [0, 0.1) is 0 Å². The fourth-order valence-electron chi connectivity index (χ4n) is 0.533. The van der Waals surface area contributed by atoms with Crippen LogP contribution in [0.25, 0.3) is 0 Å². The van der Waals surface area contributed by atoms with Crippen LogP contribution < -0.4 is 0 Å². The van der Waals surface area contributed by atoms with Gasteiger partial charge in [-0.1, -0.05) is 11.6 Å². The van der Waals surface area contributed by atoms with Crippen molar-refractivity contribution in [3.63, 3.8) is 0 Å². The Morgan fingerprint density at radius 2 is 1.57 bits per heavy atom. The molecule has 0 N–H and O–H groups in total. The molecule has 0 fully saturated rings. The first-order valence-electron chi connectivity index (χ1n) is 3.17. The second-order valence-electron chi connectivity index (χ2n) is 2.35. The lowest BCUT2D eigenvalue weighted by Crippen LogP contribution is -2.16. The fourth-order valence-corrected chi connectivity index (χ4v) is 1.05. The second-order valence-corrected chi connectivity index (χ2v) is 3.32. The van der Waals surface area contributed by atoms with Crippen molar-refractivity contribution < 1.29 is 26.3 Å². The average Bonchev–Trinajstić information content (AvgIpc) is 1.79. The van der Waals surface area contributed by atoms with Crippen molar-refractivity contribution >= 4 is 23.2 Å². The SMILES string of the molecule is FC(F)(F)CC(Cl)C=C(Cl)C(F)(F)F. The topological polar surface area (TPSA) is 0 Å². The van der Waals surface area contributed by atoms with E-state index in [9.17, 15) is 26.3 Å². The largest absolute Gasteiger partial charge is 0.426 e. The van der Waals surface area contributed by atoms with Gasteiger partial charge in [0.1, 0.15) is 5.03 Å². The number of hydrogen-bond acceptors (Lipinski definition) is 0. The second kappa shape index (κ2) is 4.61. The van der Waals surface area contributed by atoms with Crippen molar-refractivity contribution in [2.45, 2.75) is 24.2 Å². The third kappa shape index (κ3) is 6.37. The van der Waals surface area contributed by atoms with Crippen LogP contribution in [0.2, 0.25) is 0 Å². The van der Waals surface area contributed by atoms with Gasteiger partial charge in [-0.3, -0.25) is 0 Å². The summed E-state index contributed by atoms with van der Waals surface area (Å²) in [6.07, 6.45) is -10.9. The van der Waals surface area contributed by atoms with Crippen molar-refractivity contribution in [3.05, 3.63) is 11.1 Å². The molecule has 0 rings (SSSR count). The van der Waals surface area contributed by atoms with Gasteiger partial charge in [0, 0.05) is 0 Å². The summed E-state index contributed by atoms with van der Waals surface area (Å²) in [5.41, 5.74) is 0. The van der Waals surface area contributed by atoms with Crippen molar-refractivity contribution in [1.82, 2.24) is 0 Å². The summed E-state index contributed by atoms with van der Waals surface area (Å²) in [6, 6.07) is 0. The minimum Gasteiger partial charge on any atom is -0.171 e. The first kappa shape index (κ1) is 13.9. The molecule has 0 radical (unpaired) electrons. The Morgan fingerprint density at radius 1 is 1.14 bits per heavy atom. The molecule has 0 nitrogen and oxygen atoms in total. The third-order valence-corrected chi connectivity index (χ3v) is 1.65. The number of alkyl halides is 7. The summed E-state index contributed by atoms with van der Waals surface area (Å²) in [5, 5.41) is -3.47. The van der Waals surface area contributed by atoms with Gasteiger partial charge in [0.25, 0.3) is 0 Å². The van der Waals surface area contributed by atoms with Gasteiger partial charge in [-0.05, 0) is 6.08 Å². The molecule has 1 atom stereocenters. The minimum atomic E-state index is -4.86. The summed E-state index contributed by atoms with van der Waals surface area (Å²) in [6.45, 7) is 0. The Morgan fingerprint density at radius 3 is 1.86 bits per heavy atom. The van der Waals surface area contributed by atoms with Crippen LogP contribution >= 0.6 is 23.2 Å². The predicted octanol–water partition coefficient (Wildman–Crippen LogP) is 4.23. The summed E-state index contributed by atoms with van der Waals surface area (Å²) >= 11 is 9.65. The van der Waals surface area contributed by atoms with Crippen LogP contribution in [-0.4, -0.2) is 17.7 Å². The highest BCUT2D eigenvalue weighted by Gasteiger charge is 2.35. The van der Waals surface area contributed by atoms with Crippen molar-refractivity contribution in [3.8, 4) is 0 Å². The summed E-state index contributed by atoms with van der Waals surface area (Å²) in [4.78, 5) is 0. The molecule has 0 aliphatic heterocycles. The van der Waals surface area contributed by atoms with E-state index in [2.05, 4.69) is 11.6 Å². The first-order valence-corrected chi connectivity index (χ1v) is 3.99. The molecule has 0 spiro atoms. The lowest BCUT2D eigenvalue weighted by atomic mass is 10.2. The average molecular weight is 261 g/mol. The Bertz CT molecular complexity index is 215. The maximum absolute atomic E-state index is 11.7. The molecule has 0 amide bonds. The highest BCUT2D eigenvalue weighted by molar-refractivity contribution is 6.31. The molecular weight excluding hydrogens is 257 g/mol. The molecule has 0 aromatic carbocycles. The summed E-state index contributed by atoms with van der Waals surface area (Å²) < 4.78 is 70.0. The van der Waals surface area contributed by atoms with Gasteiger partial charge in [0.05, 0.1) is 11.8 Å². The van der Waals surface area contributed by atoms with E-state index in [0.29, 0.717) is 0 Å². The number of hydrogen-bond donors (Lipinski definition) is 0. The van der Waals surface area contributed by atoms with E-state index in [-0.39, 0.29) is 6.08 Å². The van der Waals surface area contributed by atoms with Crippen LogP contribution in [0.15, 0.2) is 11.1 Å². The molecule has 0 aromatic rings. The normalized spacial score (nSPS) is 17.0. The van der Waals surface area contributed by atoms with Crippen LogP contribution in [0.5, 0.6) is 0 Å². The van der Waals surface area contributed by atoms with Crippen LogP contribution in [0.4, 0.5) is 26.3 Å². The van der Waals surface area contributed by atoms with Crippen LogP contribution in [-0.2, 0) is 0 Å². The third-order valence-electron chi connectivity index (χ3n) is 1.02. The van der Waals surface area contributed by atoms with E-state index in [1.54, 1.807) is 0 Å². The summed E-state index contributed by atoms with van der Waals surface area (Å²) in [7, 11) is 0. The number of halogens is 8. The molecule has 8 heteroatoms. The highest BCUT2D eigenvalue weighted by Crippen LogP contribution is 2.32. The molecule has 0 heterocycles. The van der Waals surface area contributed by atoms with Crippen molar-refractivity contribution in [2.24, 2.45) is 0 Å². The fraction of sp³-hybridized carbons (Fsp3) is 0.667. The lowest BCUT2D eigenvalue weighted by Gasteiger charge is -2.10. The molecule has 0 aromatic heterocycles. The molecule has 0 saturated carbocycles. The van der Waals surface area contributed by atoms with Gasteiger partial charge >= 0.3 is 12.4 Å². The van der Waals surface area contributed by atoms with E-state index in [4.69, 9.17) is 11.6 Å². The van der Waals surface area contributed by atoms with E-state index >= 15 is 0 Å². The van der Waals surface area contributed by atoms with Crippen LogP contribution in [0.1, 0.15) is 6.42 Å². The Hall–Kier alpha value is -0.100. The zero-order valence-electron chi connectivity index (χ0n) is 6.39. The number of rotatable bonds is 2. The summed E-state index contributed by atoms with van der Waals surface area (Å²) in [5.74, 6) is 0. The Balaban J connectivity index is 4.38. The van der Waals surface area contributed by atoms with E-state index in [0.717, 1.165) is 0 Å². The molecular formula is C6H4Cl2F6. The quantitative estimate of drug-likeness (QED) is 0.515. The standard InChI is InChI=1S/C6H4Cl2F6/c7-3(2-5(9,10)11)1-4(8)6(12,13)14/h1,3H,2H2. The van der Waals surface area contributed by atoms with E-state index < -0.39 is 29.2 Å². The van der Waals surface area contributed by atoms with E-state index in [1.807, 2.05) is 0 Å². The molecule has 0 saturated heterocycles. The predicted molar refractivity (Wildman–Crippen MR) is 40.3 cm³/mol. The smallest absolute Gasteiger partial charge is 0.171 e. The monoisotopic (exact) mass is 260 g/mol. The van der Waals surface area contributed by atoms with Crippen molar-refractivity contribution in [2.75, 3.05) is 0 Å². The zero-order chi connectivity index (χ0) is 11.6. The van der Waals surface area contributed by atoms with E-state index in [1.165, 1.54) is 0 Å². The minimum absolute atomic E-state index is 0.122. The van der Waals surface area contributed by atoms with Gasteiger partial charge in [-0.25, -0.2) is 0 Å². The zero-order valence-corrected chi connectivity index (χ0v) is 7.90. The molecule has 0 aliphatic carbocycles. The maximum Gasteiger partial charge on any atom is 0.426 e. The van der Waals surface area contributed by atoms with Crippen molar-refractivity contribution in [1.29, 1.82) is 0 Å². The first-order chi connectivity index (χ1) is 6.02. The lowest BCUT2D eigenvalue weighted by molar-refractivity contribution is -0.133. The van der Waals surface area contributed by atoms with Gasteiger partial charge in [-0.15, -0.1) is 11.6 Å². The Labute approximate surface area is 85.5 Å². The molecule has 0 bridgehead atoms. The molecule has 1 unspecified atom stereocenters. The molecule has 0 aliphatic rings. The van der Waals surface area contributed by atoms with Gasteiger partial charge in [0.2, 0.25) is 0 Å². The van der Waals surface area contributed by atoms with Gasteiger partial charge < -0.3 is 0 Å².